The quantitative estimate of drug-likeness (QED) is 0.585. The molecule has 140 valence electrons. The number of rotatable bonds is 4. The molecule has 9 heteroatoms. The predicted molar refractivity (Wildman–Crippen MR) is 98.5 cm³/mol. The Morgan fingerprint density at radius 2 is 2.04 bits per heavy atom. The molecule has 0 atom stereocenters. The molecule has 8 nitrogen and oxygen atoms in total. The molecule has 2 heterocycles. The first-order chi connectivity index (χ1) is 13.5. The third-order valence-corrected chi connectivity index (χ3v) is 4.05. The van der Waals surface area contributed by atoms with Crippen LogP contribution in [0.2, 0.25) is 0 Å². The largest absolute Gasteiger partial charge is 0.328 e. The summed E-state index contributed by atoms with van der Waals surface area (Å²) in [5.41, 5.74) is 3.46. The standard InChI is InChI=1S/C19H15FN6O2/c1-11-6-7-15(12(2)8-11)21-18(27)19-22-17(24-28-19)16-10-26(25-23-16)14-5-3-4-13(20)9-14/h3-10H,1-2H3,(H,21,27). The van der Waals surface area contributed by atoms with Gasteiger partial charge in [0.25, 0.3) is 0 Å². The number of hydrogen-bond donors (Lipinski definition) is 1. The molecular weight excluding hydrogens is 363 g/mol. The monoisotopic (exact) mass is 378 g/mol. The first-order valence-electron chi connectivity index (χ1n) is 8.40. The van der Waals surface area contributed by atoms with Crippen molar-refractivity contribution in [3.05, 3.63) is 71.5 Å². The van der Waals surface area contributed by atoms with Crippen LogP contribution in [0.3, 0.4) is 0 Å². The summed E-state index contributed by atoms with van der Waals surface area (Å²) in [4.78, 5) is 16.4. The molecule has 0 radical (unpaired) electrons. The molecule has 0 aliphatic heterocycles. The van der Waals surface area contributed by atoms with Gasteiger partial charge in [0.05, 0.1) is 11.9 Å². The zero-order valence-electron chi connectivity index (χ0n) is 15.0. The van der Waals surface area contributed by atoms with E-state index in [0.29, 0.717) is 17.1 Å². The normalized spacial score (nSPS) is 10.8. The average molecular weight is 378 g/mol. The summed E-state index contributed by atoms with van der Waals surface area (Å²) in [6.45, 7) is 3.87. The molecule has 1 amide bonds. The number of amides is 1. The average Bonchev–Trinajstić information content (AvgIpc) is 3.33. The van der Waals surface area contributed by atoms with Crippen molar-refractivity contribution in [3.8, 4) is 17.2 Å². The molecule has 0 spiro atoms. The highest BCUT2D eigenvalue weighted by Crippen LogP contribution is 2.18. The minimum absolute atomic E-state index is 0.105. The number of aryl methyl sites for hydroxylation is 2. The summed E-state index contributed by atoms with van der Waals surface area (Å²) in [6, 6.07) is 11.6. The molecule has 0 aliphatic rings. The molecule has 1 N–H and O–H groups in total. The molecule has 0 unspecified atom stereocenters. The van der Waals surface area contributed by atoms with Crippen LogP contribution in [-0.4, -0.2) is 31.0 Å². The Hall–Kier alpha value is -3.88. The Morgan fingerprint density at radius 1 is 1.18 bits per heavy atom. The summed E-state index contributed by atoms with van der Waals surface area (Å²) >= 11 is 0. The number of benzene rings is 2. The van der Waals surface area contributed by atoms with Gasteiger partial charge >= 0.3 is 11.8 Å². The molecule has 0 bridgehead atoms. The van der Waals surface area contributed by atoms with E-state index < -0.39 is 5.91 Å². The third kappa shape index (κ3) is 3.50. The smallest absolute Gasteiger partial charge is 0.316 e. The SMILES string of the molecule is Cc1ccc(NC(=O)c2nc(-c3cn(-c4cccc(F)c4)nn3)no2)c(C)c1. The molecular formula is C19H15FN6O2. The van der Waals surface area contributed by atoms with Gasteiger partial charge in [0.2, 0.25) is 5.82 Å². The number of hydrogen-bond acceptors (Lipinski definition) is 6. The number of halogens is 1. The summed E-state index contributed by atoms with van der Waals surface area (Å²) in [5, 5.41) is 14.4. The number of aromatic nitrogens is 5. The van der Waals surface area contributed by atoms with Gasteiger partial charge in [-0.3, -0.25) is 4.79 Å². The van der Waals surface area contributed by atoms with E-state index in [9.17, 15) is 9.18 Å². The van der Waals surface area contributed by atoms with Gasteiger partial charge in [0, 0.05) is 5.69 Å². The van der Waals surface area contributed by atoms with E-state index in [0.717, 1.165) is 11.1 Å². The van der Waals surface area contributed by atoms with Gasteiger partial charge in [0.1, 0.15) is 5.82 Å². The number of anilines is 1. The molecule has 0 saturated heterocycles. The van der Waals surface area contributed by atoms with Gasteiger partial charge in [-0.15, -0.1) is 5.10 Å². The van der Waals surface area contributed by atoms with Crippen molar-refractivity contribution in [1.29, 1.82) is 0 Å². The van der Waals surface area contributed by atoms with E-state index in [2.05, 4.69) is 25.8 Å². The van der Waals surface area contributed by atoms with E-state index in [1.807, 2.05) is 32.0 Å². The minimum Gasteiger partial charge on any atom is -0.328 e. The topological polar surface area (TPSA) is 98.7 Å². The Balaban J connectivity index is 1.54. The van der Waals surface area contributed by atoms with Crippen molar-refractivity contribution >= 4 is 11.6 Å². The van der Waals surface area contributed by atoms with Gasteiger partial charge in [0.15, 0.2) is 5.69 Å². The van der Waals surface area contributed by atoms with E-state index >= 15 is 0 Å². The molecule has 28 heavy (non-hydrogen) atoms. The Labute approximate surface area is 159 Å². The maximum atomic E-state index is 13.4. The third-order valence-electron chi connectivity index (χ3n) is 4.05. The second kappa shape index (κ2) is 7.03. The first-order valence-corrected chi connectivity index (χ1v) is 8.40. The highest BCUT2D eigenvalue weighted by atomic mass is 19.1. The molecule has 0 saturated carbocycles. The predicted octanol–water partition coefficient (Wildman–Crippen LogP) is 3.33. The van der Waals surface area contributed by atoms with Gasteiger partial charge < -0.3 is 9.84 Å². The number of carbonyl (C=O) groups is 1. The van der Waals surface area contributed by atoms with Crippen LogP contribution in [0.4, 0.5) is 10.1 Å². The lowest BCUT2D eigenvalue weighted by Crippen LogP contribution is -2.13. The van der Waals surface area contributed by atoms with E-state index in [-0.39, 0.29) is 17.5 Å². The van der Waals surface area contributed by atoms with Gasteiger partial charge in [-0.2, -0.15) is 4.98 Å². The Bertz CT molecular complexity index is 1170. The fourth-order valence-corrected chi connectivity index (χ4v) is 2.66. The van der Waals surface area contributed by atoms with Crippen LogP contribution in [0.25, 0.3) is 17.2 Å². The van der Waals surface area contributed by atoms with Gasteiger partial charge in [-0.05, 0) is 43.7 Å². The highest BCUT2D eigenvalue weighted by Gasteiger charge is 2.19. The molecule has 0 aliphatic carbocycles. The fourth-order valence-electron chi connectivity index (χ4n) is 2.66. The summed E-state index contributed by atoms with van der Waals surface area (Å²) in [6.07, 6.45) is 1.52. The van der Waals surface area contributed by atoms with Crippen LogP contribution in [0, 0.1) is 19.7 Å². The lowest BCUT2D eigenvalue weighted by molar-refractivity contribution is 0.0981. The van der Waals surface area contributed by atoms with E-state index in [1.165, 1.54) is 23.0 Å². The van der Waals surface area contributed by atoms with Crippen LogP contribution in [0.1, 0.15) is 21.8 Å². The van der Waals surface area contributed by atoms with Crippen molar-refractivity contribution in [2.75, 3.05) is 5.32 Å². The van der Waals surface area contributed by atoms with Crippen molar-refractivity contribution in [2.45, 2.75) is 13.8 Å². The summed E-state index contributed by atoms with van der Waals surface area (Å²) < 4.78 is 19.8. The molecule has 0 fully saturated rings. The van der Waals surface area contributed by atoms with Crippen LogP contribution < -0.4 is 5.32 Å². The van der Waals surface area contributed by atoms with E-state index in [4.69, 9.17) is 4.52 Å². The maximum Gasteiger partial charge on any atom is 0.316 e. The van der Waals surface area contributed by atoms with Crippen molar-refractivity contribution in [2.24, 2.45) is 0 Å². The fraction of sp³-hybridized carbons (Fsp3) is 0.105. The van der Waals surface area contributed by atoms with Crippen molar-refractivity contribution in [3.63, 3.8) is 0 Å². The Kier molecular flexibility index (Phi) is 4.40. The molecule has 2 aromatic carbocycles. The number of carbonyl (C=O) groups excluding carboxylic acids is 1. The summed E-state index contributed by atoms with van der Waals surface area (Å²) in [7, 11) is 0. The highest BCUT2D eigenvalue weighted by molar-refractivity contribution is 6.01. The van der Waals surface area contributed by atoms with E-state index in [1.54, 1.807) is 12.1 Å². The van der Waals surface area contributed by atoms with Gasteiger partial charge in [-0.25, -0.2) is 9.07 Å². The minimum atomic E-state index is -0.525. The Morgan fingerprint density at radius 3 is 2.82 bits per heavy atom. The second-order valence-electron chi connectivity index (χ2n) is 6.22. The van der Waals surface area contributed by atoms with Gasteiger partial charge in [-0.1, -0.05) is 34.1 Å². The van der Waals surface area contributed by atoms with Crippen molar-refractivity contribution < 1.29 is 13.7 Å². The second-order valence-corrected chi connectivity index (χ2v) is 6.22. The molecule has 4 rings (SSSR count). The van der Waals surface area contributed by atoms with Crippen molar-refractivity contribution in [1.82, 2.24) is 25.1 Å². The molecule has 4 aromatic rings. The van der Waals surface area contributed by atoms with Crippen LogP contribution in [-0.2, 0) is 0 Å². The number of nitrogens with one attached hydrogen (secondary N) is 1. The lowest BCUT2D eigenvalue weighted by Gasteiger charge is -2.06. The van der Waals surface area contributed by atoms with Crippen LogP contribution >= 0.6 is 0 Å². The summed E-state index contributed by atoms with van der Waals surface area (Å²) in [5.74, 6) is -1.01. The number of nitrogens with zero attached hydrogens (tertiary/aromatic N) is 5. The maximum absolute atomic E-state index is 13.4. The molecule has 2 aromatic heterocycles. The lowest BCUT2D eigenvalue weighted by atomic mass is 10.1. The van der Waals surface area contributed by atoms with Crippen LogP contribution in [0.5, 0.6) is 0 Å². The first kappa shape index (κ1) is 17.5. The zero-order chi connectivity index (χ0) is 19.7. The zero-order valence-corrected chi connectivity index (χ0v) is 15.0. The van der Waals surface area contributed by atoms with Crippen LogP contribution in [0.15, 0.2) is 53.2 Å².